The number of hydrogen-bond donors (Lipinski definition) is 0. The molecule has 2 heteroatoms. The van der Waals surface area contributed by atoms with Gasteiger partial charge >= 0.3 is 0 Å². The van der Waals surface area contributed by atoms with Gasteiger partial charge in [-0.2, -0.15) is 0 Å². The summed E-state index contributed by atoms with van der Waals surface area (Å²) in [5.74, 6) is 0. The molecule has 0 atom stereocenters. The number of hydrogen-bond acceptors (Lipinski definition) is 2. The van der Waals surface area contributed by atoms with E-state index in [0.717, 1.165) is 55.3 Å². The molecule has 0 amide bonds. The van der Waals surface area contributed by atoms with Gasteiger partial charge < -0.3 is 9.32 Å². The Morgan fingerprint density at radius 3 is 1.48 bits per heavy atom. The summed E-state index contributed by atoms with van der Waals surface area (Å²) < 4.78 is 7.05. The number of nitrogens with zero attached hydrogens (tertiary/aromatic N) is 1. The van der Waals surface area contributed by atoms with E-state index in [9.17, 15) is 0 Å². The highest BCUT2D eigenvalue weighted by atomic mass is 16.3. The van der Waals surface area contributed by atoms with Gasteiger partial charge in [0, 0.05) is 22.1 Å². The Labute approximate surface area is 389 Å². The van der Waals surface area contributed by atoms with E-state index in [4.69, 9.17) is 4.42 Å². The van der Waals surface area contributed by atoms with Crippen LogP contribution >= 0.6 is 0 Å². The highest BCUT2D eigenvalue weighted by Crippen LogP contribution is 2.63. The third-order valence-electron chi connectivity index (χ3n) is 14.5. The van der Waals surface area contributed by atoms with Gasteiger partial charge in [-0.3, -0.25) is 0 Å². The lowest BCUT2D eigenvalue weighted by atomic mass is 9.70. The van der Waals surface area contributed by atoms with Gasteiger partial charge in [0.1, 0.15) is 11.2 Å². The smallest absolute Gasteiger partial charge is 0.143 e. The molecule has 1 spiro atoms. The van der Waals surface area contributed by atoms with Gasteiger partial charge in [-0.25, -0.2) is 0 Å². The van der Waals surface area contributed by atoms with Crippen molar-refractivity contribution in [1.82, 2.24) is 0 Å². The Morgan fingerprint density at radius 1 is 0.299 bits per heavy atom. The van der Waals surface area contributed by atoms with Crippen LogP contribution in [0.15, 0.2) is 253 Å². The first kappa shape index (κ1) is 37.6. The summed E-state index contributed by atoms with van der Waals surface area (Å²) in [7, 11) is 0. The van der Waals surface area contributed by atoms with Gasteiger partial charge in [0.25, 0.3) is 0 Å². The van der Waals surface area contributed by atoms with Crippen LogP contribution in [0.3, 0.4) is 0 Å². The van der Waals surface area contributed by atoms with Crippen molar-refractivity contribution >= 4 is 49.8 Å². The first-order valence-electron chi connectivity index (χ1n) is 23.2. The van der Waals surface area contributed by atoms with Crippen molar-refractivity contribution in [3.8, 4) is 55.6 Å². The van der Waals surface area contributed by atoms with Gasteiger partial charge in [-0.15, -0.1) is 0 Å². The molecule has 0 bridgehead atoms. The van der Waals surface area contributed by atoms with E-state index in [-0.39, 0.29) is 0 Å². The zero-order valence-corrected chi connectivity index (χ0v) is 36.5. The Kier molecular flexibility index (Phi) is 8.23. The summed E-state index contributed by atoms with van der Waals surface area (Å²) in [5.41, 5.74) is 21.9. The maximum Gasteiger partial charge on any atom is 0.143 e. The monoisotopic (exact) mass is 851 g/mol. The van der Waals surface area contributed by atoms with Gasteiger partial charge in [0.15, 0.2) is 0 Å². The number of fused-ring (bicyclic) bond motifs is 15. The zero-order chi connectivity index (χ0) is 44.1. The predicted octanol–water partition coefficient (Wildman–Crippen LogP) is 17.6. The molecule has 0 unspecified atom stereocenters. The van der Waals surface area contributed by atoms with E-state index in [1.807, 2.05) is 0 Å². The molecule has 2 aliphatic rings. The van der Waals surface area contributed by atoms with E-state index in [0.29, 0.717) is 0 Å². The van der Waals surface area contributed by atoms with E-state index in [1.165, 1.54) is 72.3 Å². The van der Waals surface area contributed by atoms with Crippen molar-refractivity contribution in [3.63, 3.8) is 0 Å². The molecule has 0 aliphatic heterocycles. The van der Waals surface area contributed by atoms with Crippen LogP contribution in [0.1, 0.15) is 22.3 Å². The first-order valence-corrected chi connectivity index (χ1v) is 23.2. The summed E-state index contributed by atoms with van der Waals surface area (Å²) in [5, 5.41) is 4.41. The number of benzene rings is 11. The Morgan fingerprint density at radius 2 is 0.806 bits per heavy atom. The second-order valence-corrected chi connectivity index (χ2v) is 17.9. The Balaban J connectivity index is 1.05. The van der Waals surface area contributed by atoms with Crippen molar-refractivity contribution in [2.45, 2.75) is 5.41 Å². The van der Waals surface area contributed by atoms with Crippen molar-refractivity contribution in [2.24, 2.45) is 0 Å². The summed E-state index contributed by atoms with van der Waals surface area (Å²) >= 11 is 0. The lowest BCUT2D eigenvalue weighted by Crippen LogP contribution is -2.26. The highest BCUT2D eigenvalue weighted by molar-refractivity contribution is 6.22. The van der Waals surface area contributed by atoms with Crippen LogP contribution in [0.4, 0.5) is 17.1 Å². The SMILES string of the molecule is c1ccc(-c2cccc(-c3cc4c(oc5cccc(N(c6cccc(-c7ccccc7)c6)c6ccc7c(c6)C6(c8ccccc8-c8ccccc86)c6ccccc6-7)c54)c4ccccc34)c2)cc1. The topological polar surface area (TPSA) is 16.4 Å². The van der Waals surface area contributed by atoms with Crippen LogP contribution < -0.4 is 4.90 Å². The van der Waals surface area contributed by atoms with Crippen LogP contribution in [0, 0.1) is 0 Å². The molecule has 1 aromatic heterocycles. The van der Waals surface area contributed by atoms with Gasteiger partial charge in [-0.1, -0.05) is 200 Å². The number of rotatable bonds is 6. The van der Waals surface area contributed by atoms with Crippen molar-refractivity contribution in [2.75, 3.05) is 4.90 Å². The quantitative estimate of drug-likeness (QED) is 0.166. The molecule has 67 heavy (non-hydrogen) atoms. The van der Waals surface area contributed by atoms with Crippen LogP contribution in [0.5, 0.6) is 0 Å². The molecule has 2 nitrogen and oxygen atoms in total. The molecule has 12 aromatic rings. The molecule has 312 valence electrons. The average molecular weight is 852 g/mol. The molecule has 2 aliphatic carbocycles. The van der Waals surface area contributed by atoms with Crippen LogP contribution in [-0.2, 0) is 5.41 Å². The summed E-state index contributed by atoms with van der Waals surface area (Å²) in [6.07, 6.45) is 0. The molecular weight excluding hydrogens is 811 g/mol. The molecule has 1 heterocycles. The second-order valence-electron chi connectivity index (χ2n) is 17.9. The molecule has 0 saturated heterocycles. The lowest BCUT2D eigenvalue weighted by molar-refractivity contribution is 0.672. The molecule has 0 saturated carbocycles. The van der Waals surface area contributed by atoms with E-state index in [1.54, 1.807) is 0 Å². The fraction of sp³-hybridized carbons (Fsp3) is 0.0154. The maximum absolute atomic E-state index is 7.05. The zero-order valence-electron chi connectivity index (χ0n) is 36.5. The predicted molar refractivity (Wildman–Crippen MR) is 279 cm³/mol. The standard InChI is InChI=1S/C65H41NO/c1-3-18-42(19-4-1)44-22-15-24-46(38-44)55-41-56-63-61(34-17-35-62(63)67-64(56)54-30-8-7-26-49(54)55)66(47-25-16-23-45(39-47)43-20-5-2-6-21-43)48-36-37-53-52-29-11-14-33-59(52)65(60(53)40-48)57-31-12-9-27-50(57)51-28-10-13-32-58(51)65/h1-41H. The fourth-order valence-electron chi connectivity index (χ4n) is 11.7. The summed E-state index contributed by atoms with van der Waals surface area (Å²) in [6.45, 7) is 0. The van der Waals surface area contributed by atoms with Gasteiger partial charge in [-0.05, 0) is 132 Å². The molecule has 14 rings (SSSR count). The second kappa shape index (κ2) is 14.7. The number of anilines is 3. The fourth-order valence-corrected chi connectivity index (χ4v) is 11.7. The molecule has 0 fully saturated rings. The Hall–Kier alpha value is -8.72. The minimum absolute atomic E-state index is 0.483. The van der Waals surface area contributed by atoms with Crippen LogP contribution in [0.25, 0.3) is 88.3 Å². The molecular formula is C65H41NO. The van der Waals surface area contributed by atoms with Crippen molar-refractivity contribution in [3.05, 3.63) is 271 Å². The van der Waals surface area contributed by atoms with Crippen molar-refractivity contribution < 1.29 is 4.42 Å². The number of furan rings is 1. The van der Waals surface area contributed by atoms with E-state index < -0.39 is 5.41 Å². The third kappa shape index (κ3) is 5.51. The largest absolute Gasteiger partial charge is 0.455 e. The maximum atomic E-state index is 7.05. The normalized spacial score (nSPS) is 12.9. The lowest BCUT2D eigenvalue weighted by Gasteiger charge is -2.32. The molecule has 0 radical (unpaired) electrons. The third-order valence-corrected chi connectivity index (χ3v) is 14.5. The first-order chi connectivity index (χ1) is 33.2. The van der Waals surface area contributed by atoms with Crippen molar-refractivity contribution in [1.29, 1.82) is 0 Å². The minimum Gasteiger partial charge on any atom is -0.455 e. The van der Waals surface area contributed by atoms with Crippen LogP contribution in [-0.4, -0.2) is 0 Å². The molecule has 11 aromatic carbocycles. The average Bonchev–Trinajstić information content (AvgIpc) is 4.04. The van der Waals surface area contributed by atoms with Gasteiger partial charge in [0.05, 0.1) is 16.5 Å². The summed E-state index contributed by atoms with van der Waals surface area (Å²) in [6, 6.07) is 91.2. The van der Waals surface area contributed by atoms with E-state index >= 15 is 0 Å². The van der Waals surface area contributed by atoms with Crippen LogP contribution in [0.2, 0.25) is 0 Å². The Bertz CT molecular complexity index is 3870. The van der Waals surface area contributed by atoms with E-state index in [2.05, 4.69) is 254 Å². The molecule has 0 N–H and O–H groups in total. The minimum atomic E-state index is -0.483. The van der Waals surface area contributed by atoms with Gasteiger partial charge in [0.2, 0.25) is 0 Å². The summed E-state index contributed by atoms with van der Waals surface area (Å²) in [4.78, 5) is 2.47. The highest BCUT2D eigenvalue weighted by Gasteiger charge is 2.51.